The Balaban J connectivity index is 1.87. The van der Waals surface area contributed by atoms with Crippen molar-refractivity contribution in [3.8, 4) is 0 Å². The van der Waals surface area contributed by atoms with Crippen LogP contribution < -0.4 is 10.2 Å². The monoisotopic (exact) mass is 287 g/mol. The van der Waals surface area contributed by atoms with Crippen LogP contribution in [-0.4, -0.2) is 17.9 Å². The highest BCUT2D eigenvalue weighted by atomic mass is 32.1. The molecule has 0 spiro atoms. The first kappa shape index (κ1) is 13.3. The van der Waals surface area contributed by atoms with Gasteiger partial charge in [0.05, 0.1) is 6.04 Å². The number of carbonyl (C=O) groups excluding carboxylic acids is 1. The summed E-state index contributed by atoms with van der Waals surface area (Å²) in [7, 11) is 1.83. The second-order valence-electron chi connectivity index (χ2n) is 5.03. The molecule has 0 saturated carbocycles. The maximum atomic E-state index is 12.1. The van der Waals surface area contributed by atoms with E-state index in [4.69, 9.17) is 0 Å². The van der Waals surface area contributed by atoms with Crippen molar-refractivity contribution >= 4 is 22.9 Å². The summed E-state index contributed by atoms with van der Waals surface area (Å²) in [6.45, 7) is 2.09. The smallest absolute Gasteiger partial charge is 0.228 e. The van der Waals surface area contributed by atoms with Crippen LogP contribution >= 0.6 is 11.3 Å². The molecule has 0 radical (unpaired) electrons. The van der Waals surface area contributed by atoms with Crippen molar-refractivity contribution in [1.82, 2.24) is 10.3 Å². The predicted octanol–water partition coefficient (Wildman–Crippen LogP) is 2.90. The Hall–Kier alpha value is -1.72. The van der Waals surface area contributed by atoms with E-state index in [1.54, 1.807) is 16.2 Å². The number of carbonyl (C=O) groups is 1. The lowest BCUT2D eigenvalue weighted by Gasteiger charge is -2.33. The van der Waals surface area contributed by atoms with E-state index in [0.29, 0.717) is 6.42 Å². The van der Waals surface area contributed by atoms with Gasteiger partial charge < -0.3 is 10.2 Å². The normalized spacial score (nSPS) is 19.8. The molecule has 1 aromatic heterocycles. The van der Waals surface area contributed by atoms with Gasteiger partial charge in [0, 0.05) is 36.8 Å². The molecular formula is C15H17N3OS. The number of hydrogen-bond acceptors (Lipinski definition) is 4. The van der Waals surface area contributed by atoms with Gasteiger partial charge >= 0.3 is 0 Å². The third-order valence-electron chi connectivity index (χ3n) is 3.70. The summed E-state index contributed by atoms with van der Waals surface area (Å²) in [4.78, 5) is 18.2. The molecule has 1 aromatic carbocycles. The molecule has 0 bridgehead atoms. The number of nitrogens with zero attached hydrogens (tertiary/aromatic N) is 2. The van der Waals surface area contributed by atoms with E-state index < -0.39 is 0 Å². The fourth-order valence-electron chi connectivity index (χ4n) is 2.61. The molecule has 1 N–H and O–H groups in total. The van der Waals surface area contributed by atoms with E-state index in [1.165, 1.54) is 5.56 Å². The van der Waals surface area contributed by atoms with Gasteiger partial charge in [-0.2, -0.15) is 0 Å². The number of fused-ring (bicyclic) bond motifs is 1. The number of hydrogen-bond donors (Lipinski definition) is 1. The Morgan fingerprint density at radius 3 is 3.00 bits per heavy atom. The Morgan fingerprint density at radius 2 is 2.25 bits per heavy atom. The van der Waals surface area contributed by atoms with Gasteiger partial charge in [0.2, 0.25) is 5.91 Å². The van der Waals surface area contributed by atoms with E-state index in [2.05, 4.69) is 23.3 Å². The van der Waals surface area contributed by atoms with Crippen LogP contribution in [-0.2, 0) is 4.79 Å². The molecule has 20 heavy (non-hydrogen) atoms. The van der Waals surface area contributed by atoms with Gasteiger partial charge in [-0.25, -0.2) is 4.98 Å². The average Bonchev–Trinajstić information content (AvgIpc) is 2.99. The molecule has 1 amide bonds. The molecule has 0 aliphatic carbocycles. The lowest BCUT2D eigenvalue weighted by atomic mass is 9.95. The van der Waals surface area contributed by atoms with Crippen LogP contribution in [0.4, 0.5) is 5.69 Å². The number of rotatable bonds is 3. The largest absolute Gasteiger partial charge is 0.315 e. The second kappa shape index (κ2) is 5.34. The third-order valence-corrected chi connectivity index (χ3v) is 4.66. The summed E-state index contributed by atoms with van der Waals surface area (Å²) in [5.41, 5.74) is 2.17. The zero-order chi connectivity index (χ0) is 14.1. The fourth-order valence-corrected chi connectivity index (χ4v) is 3.27. The van der Waals surface area contributed by atoms with Crippen molar-refractivity contribution in [2.24, 2.45) is 0 Å². The van der Waals surface area contributed by atoms with Crippen molar-refractivity contribution in [3.05, 3.63) is 46.4 Å². The number of amides is 1. The zero-order valence-corrected chi connectivity index (χ0v) is 12.4. The molecule has 3 rings (SSSR count). The maximum Gasteiger partial charge on any atom is 0.228 e. The van der Waals surface area contributed by atoms with Crippen LogP contribution in [0.15, 0.2) is 35.8 Å². The minimum atomic E-state index is 0.0498. The first-order valence-corrected chi connectivity index (χ1v) is 7.55. The van der Waals surface area contributed by atoms with Gasteiger partial charge in [0.15, 0.2) is 0 Å². The summed E-state index contributed by atoms with van der Waals surface area (Å²) >= 11 is 1.63. The van der Waals surface area contributed by atoms with E-state index in [-0.39, 0.29) is 18.0 Å². The minimum Gasteiger partial charge on any atom is -0.315 e. The Morgan fingerprint density at radius 1 is 1.45 bits per heavy atom. The zero-order valence-electron chi connectivity index (χ0n) is 11.5. The topological polar surface area (TPSA) is 45.2 Å². The summed E-state index contributed by atoms with van der Waals surface area (Å²) in [5.74, 6) is 0.146. The van der Waals surface area contributed by atoms with E-state index in [0.717, 1.165) is 10.7 Å². The number of anilines is 1. The van der Waals surface area contributed by atoms with Crippen LogP contribution in [0, 0.1) is 0 Å². The van der Waals surface area contributed by atoms with Gasteiger partial charge in [-0.1, -0.05) is 18.2 Å². The first-order valence-electron chi connectivity index (χ1n) is 6.67. The predicted molar refractivity (Wildman–Crippen MR) is 80.9 cm³/mol. The van der Waals surface area contributed by atoms with Gasteiger partial charge in [0.25, 0.3) is 0 Å². The standard InChI is InChI=1S/C15H17N3OS/c1-10(15-16-7-8-20-15)17-12-9-14(19)18(2)13-6-4-3-5-11(12)13/h3-8,10,12,17H,9H2,1-2H3. The van der Waals surface area contributed by atoms with Crippen molar-refractivity contribution in [3.63, 3.8) is 0 Å². The van der Waals surface area contributed by atoms with Crippen LogP contribution in [0.25, 0.3) is 0 Å². The van der Waals surface area contributed by atoms with Crippen LogP contribution in [0.1, 0.15) is 36.0 Å². The summed E-state index contributed by atoms with van der Waals surface area (Å²) < 4.78 is 0. The van der Waals surface area contributed by atoms with E-state index in [9.17, 15) is 4.79 Å². The van der Waals surface area contributed by atoms with Crippen molar-refractivity contribution in [2.45, 2.75) is 25.4 Å². The minimum absolute atomic E-state index is 0.0498. The fraction of sp³-hybridized carbons (Fsp3) is 0.333. The molecule has 2 unspecified atom stereocenters. The molecule has 1 aliphatic rings. The molecule has 104 valence electrons. The molecule has 0 fully saturated rings. The molecule has 2 aromatic rings. The average molecular weight is 287 g/mol. The highest BCUT2D eigenvalue weighted by molar-refractivity contribution is 7.09. The lowest BCUT2D eigenvalue weighted by molar-refractivity contribution is -0.119. The van der Waals surface area contributed by atoms with E-state index in [1.807, 2.05) is 36.8 Å². The molecule has 2 heterocycles. The quantitative estimate of drug-likeness (QED) is 0.944. The molecule has 4 nitrogen and oxygen atoms in total. The van der Waals surface area contributed by atoms with Crippen LogP contribution in [0.5, 0.6) is 0 Å². The number of para-hydroxylation sites is 1. The SMILES string of the molecule is CC(NC1CC(=O)N(C)c2ccccc21)c1nccs1. The Labute approximate surface area is 122 Å². The first-order chi connectivity index (χ1) is 9.66. The van der Waals surface area contributed by atoms with Gasteiger partial charge in [-0.05, 0) is 18.6 Å². The Bertz CT molecular complexity index is 611. The van der Waals surface area contributed by atoms with Crippen LogP contribution in [0.3, 0.4) is 0 Å². The molecular weight excluding hydrogens is 270 g/mol. The molecule has 2 atom stereocenters. The third kappa shape index (κ3) is 2.34. The maximum absolute atomic E-state index is 12.1. The van der Waals surface area contributed by atoms with Gasteiger partial charge in [-0.3, -0.25) is 4.79 Å². The summed E-state index contributed by atoms with van der Waals surface area (Å²) in [6, 6.07) is 8.26. The highest BCUT2D eigenvalue weighted by Gasteiger charge is 2.29. The highest BCUT2D eigenvalue weighted by Crippen LogP contribution is 2.34. The Kier molecular flexibility index (Phi) is 3.54. The number of benzene rings is 1. The molecule has 5 heteroatoms. The van der Waals surface area contributed by atoms with Gasteiger partial charge in [-0.15, -0.1) is 11.3 Å². The second-order valence-corrected chi connectivity index (χ2v) is 5.95. The van der Waals surface area contributed by atoms with Crippen molar-refractivity contribution in [2.75, 3.05) is 11.9 Å². The lowest BCUT2D eigenvalue weighted by Crippen LogP contribution is -2.38. The number of thiazole rings is 1. The summed E-state index contributed by atoms with van der Waals surface area (Å²) in [6.07, 6.45) is 2.30. The van der Waals surface area contributed by atoms with Crippen molar-refractivity contribution in [1.29, 1.82) is 0 Å². The number of aromatic nitrogens is 1. The van der Waals surface area contributed by atoms with Gasteiger partial charge in [0.1, 0.15) is 5.01 Å². The van der Waals surface area contributed by atoms with E-state index >= 15 is 0 Å². The summed E-state index contributed by atoms with van der Waals surface area (Å²) in [5, 5.41) is 6.55. The molecule has 0 saturated heterocycles. The molecule has 1 aliphatic heterocycles. The number of nitrogens with one attached hydrogen (secondary N) is 1. The van der Waals surface area contributed by atoms with Crippen LogP contribution in [0.2, 0.25) is 0 Å². The van der Waals surface area contributed by atoms with Crippen molar-refractivity contribution < 1.29 is 4.79 Å².